The number of anilines is 1. The smallest absolute Gasteiger partial charge is 0.272 e. The first-order valence-corrected chi connectivity index (χ1v) is 9.02. The second-order valence-electron chi connectivity index (χ2n) is 7.56. The third kappa shape index (κ3) is 3.54. The van der Waals surface area contributed by atoms with E-state index >= 15 is 0 Å². The summed E-state index contributed by atoms with van der Waals surface area (Å²) in [6.45, 7) is 5.89. The first kappa shape index (κ1) is 19.3. The fourth-order valence-corrected chi connectivity index (χ4v) is 3.84. The number of rotatable bonds is 4. The van der Waals surface area contributed by atoms with E-state index in [1.54, 1.807) is 19.1 Å². The molecule has 1 heterocycles. The van der Waals surface area contributed by atoms with Crippen LogP contribution in [0.25, 0.3) is 0 Å². The number of methoxy groups -OCH3 is 2. The van der Waals surface area contributed by atoms with Gasteiger partial charge in [-0.3, -0.25) is 9.59 Å². The molecule has 1 aromatic heterocycles. The van der Waals surface area contributed by atoms with Gasteiger partial charge >= 0.3 is 0 Å². The van der Waals surface area contributed by atoms with Gasteiger partial charge in [0.05, 0.1) is 24.9 Å². The Hall–Kier alpha value is -2.47. The number of ketones is 1. The van der Waals surface area contributed by atoms with E-state index < -0.39 is 0 Å². The summed E-state index contributed by atoms with van der Waals surface area (Å²) in [6.07, 6.45) is 1.20. The van der Waals surface area contributed by atoms with E-state index in [4.69, 9.17) is 21.1 Å². The first-order valence-electron chi connectivity index (χ1n) is 8.64. The highest BCUT2D eigenvalue weighted by Gasteiger charge is 2.35. The monoisotopic (exact) mass is 390 g/mol. The number of carbonyl (C=O) groups excluding carboxylic acids is 2. The van der Waals surface area contributed by atoms with Crippen molar-refractivity contribution in [2.45, 2.75) is 33.6 Å². The molecule has 144 valence electrons. The Bertz CT molecular complexity index is 931. The van der Waals surface area contributed by atoms with Gasteiger partial charge in [-0.05, 0) is 30.4 Å². The molecule has 0 saturated heterocycles. The standard InChI is InChI=1S/C20H23ClN2O4/c1-10-17-13(8-20(2,3)9-14(17)24)22-18(10)19(25)23-12-6-11(21)15(26-4)7-16(12)27-5/h6-7,22H,8-9H2,1-5H3,(H,23,25). The minimum Gasteiger partial charge on any atom is -0.495 e. The molecule has 1 aliphatic carbocycles. The van der Waals surface area contributed by atoms with Crippen LogP contribution >= 0.6 is 11.6 Å². The third-order valence-corrected chi connectivity index (χ3v) is 5.15. The van der Waals surface area contributed by atoms with Crippen LogP contribution in [0.2, 0.25) is 5.02 Å². The third-order valence-electron chi connectivity index (χ3n) is 4.85. The zero-order chi connectivity index (χ0) is 19.9. The lowest BCUT2D eigenvalue weighted by molar-refractivity contribution is 0.0910. The molecule has 0 spiro atoms. The normalized spacial score (nSPS) is 15.3. The average molecular weight is 391 g/mol. The molecule has 1 aliphatic rings. The van der Waals surface area contributed by atoms with E-state index in [1.165, 1.54) is 14.2 Å². The summed E-state index contributed by atoms with van der Waals surface area (Å²) < 4.78 is 10.5. The number of aromatic nitrogens is 1. The first-order chi connectivity index (χ1) is 12.7. The van der Waals surface area contributed by atoms with Crippen LogP contribution in [0.3, 0.4) is 0 Å². The van der Waals surface area contributed by atoms with Crippen LogP contribution in [0.4, 0.5) is 5.69 Å². The predicted molar refractivity (Wildman–Crippen MR) is 104 cm³/mol. The number of fused-ring (bicyclic) bond motifs is 1. The van der Waals surface area contributed by atoms with Crippen LogP contribution < -0.4 is 14.8 Å². The van der Waals surface area contributed by atoms with Gasteiger partial charge in [-0.1, -0.05) is 25.4 Å². The van der Waals surface area contributed by atoms with Crippen molar-refractivity contribution in [1.82, 2.24) is 4.98 Å². The molecule has 0 atom stereocenters. The van der Waals surface area contributed by atoms with Crippen LogP contribution in [-0.4, -0.2) is 30.9 Å². The van der Waals surface area contributed by atoms with Gasteiger partial charge in [0.15, 0.2) is 5.78 Å². The zero-order valence-corrected chi connectivity index (χ0v) is 16.8. The number of ether oxygens (including phenoxy) is 2. The van der Waals surface area contributed by atoms with E-state index in [2.05, 4.69) is 10.3 Å². The maximum absolute atomic E-state index is 12.9. The van der Waals surface area contributed by atoms with Crippen molar-refractivity contribution in [3.8, 4) is 11.5 Å². The Labute approximate surface area is 163 Å². The van der Waals surface area contributed by atoms with E-state index in [1.807, 2.05) is 13.8 Å². The summed E-state index contributed by atoms with van der Waals surface area (Å²) in [5, 5.41) is 3.16. The van der Waals surface area contributed by atoms with Gasteiger partial charge in [-0.2, -0.15) is 0 Å². The van der Waals surface area contributed by atoms with E-state index in [-0.39, 0.29) is 17.1 Å². The molecule has 0 saturated carbocycles. The van der Waals surface area contributed by atoms with Crippen LogP contribution in [0.5, 0.6) is 11.5 Å². The summed E-state index contributed by atoms with van der Waals surface area (Å²) >= 11 is 6.17. The molecular weight excluding hydrogens is 368 g/mol. The Balaban J connectivity index is 1.95. The summed E-state index contributed by atoms with van der Waals surface area (Å²) in [5.74, 6) is 0.591. The van der Waals surface area contributed by atoms with Crippen molar-refractivity contribution in [3.63, 3.8) is 0 Å². The molecule has 3 rings (SSSR count). The number of halogens is 1. The second-order valence-corrected chi connectivity index (χ2v) is 7.97. The number of benzene rings is 1. The molecule has 0 unspecified atom stereocenters. The quantitative estimate of drug-likeness (QED) is 0.810. The number of Topliss-reactive ketones (excluding diaryl/α,β-unsaturated/α-hetero) is 1. The maximum atomic E-state index is 12.9. The summed E-state index contributed by atoms with van der Waals surface area (Å²) in [4.78, 5) is 28.6. The summed E-state index contributed by atoms with van der Waals surface area (Å²) in [6, 6.07) is 3.18. The van der Waals surface area contributed by atoms with Gasteiger partial charge in [0, 0.05) is 23.7 Å². The zero-order valence-electron chi connectivity index (χ0n) is 16.1. The molecule has 1 aromatic carbocycles. The highest BCUT2D eigenvalue weighted by Crippen LogP contribution is 2.38. The van der Waals surface area contributed by atoms with Crippen LogP contribution in [0.1, 0.15) is 52.4 Å². The molecular formula is C20H23ClN2O4. The molecule has 2 aromatic rings. The number of H-pyrrole nitrogens is 1. The van der Waals surface area contributed by atoms with Gasteiger partial charge in [0.2, 0.25) is 0 Å². The van der Waals surface area contributed by atoms with Gasteiger partial charge in [0.25, 0.3) is 5.91 Å². The molecule has 27 heavy (non-hydrogen) atoms. The summed E-state index contributed by atoms with van der Waals surface area (Å²) in [7, 11) is 3.00. The maximum Gasteiger partial charge on any atom is 0.272 e. The minimum absolute atomic E-state index is 0.0686. The van der Waals surface area contributed by atoms with Crippen LogP contribution in [0, 0.1) is 12.3 Å². The topological polar surface area (TPSA) is 80.4 Å². The number of amides is 1. The molecule has 0 aliphatic heterocycles. The highest BCUT2D eigenvalue weighted by molar-refractivity contribution is 6.32. The lowest BCUT2D eigenvalue weighted by atomic mass is 9.75. The molecule has 6 nitrogen and oxygen atoms in total. The largest absolute Gasteiger partial charge is 0.495 e. The molecule has 2 N–H and O–H groups in total. The number of aromatic amines is 1. The number of hydrogen-bond acceptors (Lipinski definition) is 4. The van der Waals surface area contributed by atoms with E-state index in [9.17, 15) is 9.59 Å². The molecule has 7 heteroatoms. The van der Waals surface area contributed by atoms with E-state index in [0.717, 1.165) is 12.1 Å². The number of carbonyl (C=O) groups is 2. The fourth-order valence-electron chi connectivity index (χ4n) is 3.60. The lowest BCUT2D eigenvalue weighted by Gasteiger charge is -2.28. The van der Waals surface area contributed by atoms with Crippen molar-refractivity contribution in [3.05, 3.63) is 39.7 Å². The van der Waals surface area contributed by atoms with Crippen LogP contribution in [-0.2, 0) is 6.42 Å². The van der Waals surface area contributed by atoms with Gasteiger partial charge in [-0.25, -0.2) is 0 Å². The van der Waals surface area contributed by atoms with Crippen molar-refractivity contribution in [2.24, 2.45) is 5.41 Å². The van der Waals surface area contributed by atoms with Gasteiger partial charge in [-0.15, -0.1) is 0 Å². The second kappa shape index (κ2) is 6.93. The number of hydrogen-bond donors (Lipinski definition) is 2. The van der Waals surface area contributed by atoms with Crippen molar-refractivity contribution < 1.29 is 19.1 Å². The van der Waals surface area contributed by atoms with Crippen molar-refractivity contribution in [1.29, 1.82) is 0 Å². The molecule has 1 amide bonds. The minimum atomic E-state index is -0.355. The van der Waals surface area contributed by atoms with E-state index in [0.29, 0.717) is 45.5 Å². The predicted octanol–water partition coefficient (Wildman–Crippen LogP) is 4.40. The molecule has 0 bridgehead atoms. The Morgan fingerprint density at radius 1 is 1.19 bits per heavy atom. The van der Waals surface area contributed by atoms with Crippen LogP contribution in [0.15, 0.2) is 12.1 Å². The SMILES string of the molecule is COc1cc(OC)c(NC(=O)c2[nH]c3c(c2C)C(=O)CC(C)(C)C3)cc1Cl. The molecule has 0 fully saturated rings. The molecule has 0 radical (unpaired) electrons. The Morgan fingerprint density at radius 2 is 1.85 bits per heavy atom. The Kier molecular flexibility index (Phi) is 4.95. The van der Waals surface area contributed by atoms with Gasteiger partial charge in [0.1, 0.15) is 17.2 Å². The highest BCUT2D eigenvalue weighted by atomic mass is 35.5. The van der Waals surface area contributed by atoms with Crippen molar-refractivity contribution in [2.75, 3.05) is 19.5 Å². The fraction of sp³-hybridized carbons (Fsp3) is 0.400. The lowest BCUT2D eigenvalue weighted by Crippen LogP contribution is -2.26. The van der Waals surface area contributed by atoms with Gasteiger partial charge < -0.3 is 19.8 Å². The summed E-state index contributed by atoms with van der Waals surface area (Å²) in [5.41, 5.74) is 2.80. The average Bonchev–Trinajstić information content (AvgIpc) is 2.90. The number of nitrogens with one attached hydrogen (secondary N) is 2. The van der Waals surface area contributed by atoms with Crippen molar-refractivity contribution >= 4 is 29.0 Å². The Morgan fingerprint density at radius 3 is 2.48 bits per heavy atom.